The summed E-state index contributed by atoms with van der Waals surface area (Å²) in [6, 6.07) is 1.30. The molecule has 0 aliphatic carbocycles. The molecule has 29 heavy (non-hydrogen) atoms. The fraction of sp³-hybridized carbons (Fsp3) is 0.429. The maximum Gasteiger partial charge on any atom is 0.341 e. The van der Waals surface area contributed by atoms with Gasteiger partial charge in [-0.05, 0) is 13.0 Å². The molecule has 7 nitrogen and oxygen atoms in total. The topological polar surface area (TPSA) is 83.8 Å². The molecular weight excluding hydrogens is 377 g/mol. The van der Waals surface area contributed by atoms with E-state index >= 15 is 4.39 Å². The number of pyridine rings is 1. The van der Waals surface area contributed by atoms with Gasteiger partial charge in [0.15, 0.2) is 11.6 Å². The van der Waals surface area contributed by atoms with Crippen LogP contribution >= 0.6 is 0 Å². The molecule has 2 aliphatic heterocycles. The van der Waals surface area contributed by atoms with Crippen molar-refractivity contribution in [3.05, 3.63) is 39.6 Å². The zero-order valence-electron chi connectivity index (χ0n) is 16.9. The van der Waals surface area contributed by atoms with Crippen LogP contribution in [-0.2, 0) is 0 Å². The molecule has 2 aliphatic rings. The molecular formula is C21H24FN3O4. The van der Waals surface area contributed by atoms with Crippen molar-refractivity contribution in [2.75, 3.05) is 24.5 Å². The number of hydrogen-bond donors (Lipinski definition) is 2. The largest absolute Gasteiger partial charge is 0.477 e. The Morgan fingerprint density at radius 1 is 1.38 bits per heavy atom. The van der Waals surface area contributed by atoms with Crippen LogP contribution in [0, 0.1) is 11.2 Å². The third kappa shape index (κ3) is 3.17. The maximum atomic E-state index is 15.3. The van der Waals surface area contributed by atoms with Crippen molar-refractivity contribution >= 4 is 28.8 Å². The van der Waals surface area contributed by atoms with Crippen molar-refractivity contribution in [3.8, 4) is 5.75 Å². The first-order valence-corrected chi connectivity index (χ1v) is 9.61. The Kier molecular flexibility index (Phi) is 4.42. The fourth-order valence-electron chi connectivity index (χ4n) is 3.83. The number of anilines is 1. The minimum absolute atomic E-state index is 0.00598. The van der Waals surface area contributed by atoms with E-state index in [2.05, 4.69) is 5.32 Å². The number of rotatable bonds is 2. The van der Waals surface area contributed by atoms with E-state index in [-0.39, 0.29) is 17.2 Å². The highest BCUT2D eigenvalue weighted by atomic mass is 19.1. The van der Waals surface area contributed by atoms with E-state index in [9.17, 15) is 14.7 Å². The van der Waals surface area contributed by atoms with Crippen LogP contribution in [0.25, 0.3) is 17.1 Å². The lowest BCUT2D eigenvalue weighted by molar-refractivity contribution is 0.0695. The lowest BCUT2D eigenvalue weighted by atomic mass is 9.93. The van der Waals surface area contributed by atoms with E-state index in [1.807, 2.05) is 32.6 Å². The van der Waals surface area contributed by atoms with Crippen molar-refractivity contribution in [1.82, 2.24) is 9.88 Å². The van der Waals surface area contributed by atoms with E-state index in [4.69, 9.17) is 4.74 Å². The van der Waals surface area contributed by atoms with Crippen molar-refractivity contribution in [3.63, 3.8) is 0 Å². The van der Waals surface area contributed by atoms with E-state index in [1.165, 1.54) is 6.20 Å². The summed E-state index contributed by atoms with van der Waals surface area (Å²) in [4.78, 5) is 26.2. The van der Waals surface area contributed by atoms with Gasteiger partial charge in [0.05, 0.1) is 5.39 Å². The number of carbonyl (C=O) groups is 1. The fourth-order valence-corrected chi connectivity index (χ4v) is 3.83. The monoisotopic (exact) mass is 401 g/mol. The molecule has 1 unspecified atom stereocenters. The number of nitrogens with zero attached hydrogens (tertiary/aromatic N) is 2. The normalized spacial score (nSPS) is 19.1. The summed E-state index contributed by atoms with van der Waals surface area (Å²) in [6.07, 6.45) is 2.95. The van der Waals surface area contributed by atoms with Gasteiger partial charge in [0.25, 0.3) is 0 Å². The molecule has 2 N–H and O–H groups in total. The van der Waals surface area contributed by atoms with E-state index in [1.54, 1.807) is 10.8 Å². The van der Waals surface area contributed by atoms with Crippen LogP contribution in [-0.4, -0.2) is 41.3 Å². The number of piperazine rings is 1. The molecule has 0 saturated carbocycles. The first kappa shape index (κ1) is 19.4. The summed E-state index contributed by atoms with van der Waals surface area (Å²) in [7, 11) is 0. The average Bonchev–Trinajstić information content (AvgIpc) is 2.62. The molecule has 0 spiro atoms. The molecule has 1 atom stereocenters. The average molecular weight is 401 g/mol. The molecule has 2 aromatic rings. The number of hydrogen-bond acceptors (Lipinski definition) is 5. The van der Waals surface area contributed by atoms with Gasteiger partial charge in [-0.3, -0.25) is 4.79 Å². The smallest absolute Gasteiger partial charge is 0.341 e. The Hall–Kier alpha value is -2.87. The molecule has 154 valence electrons. The van der Waals surface area contributed by atoms with Crippen LogP contribution in [0.15, 0.2) is 22.8 Å². The van der Waals surface area contributed by atoms with Gasteiger partial charge in [0, 0.05) is 43.5 Å². The number of halogens is 1. The number of allylic oxidation sites excluding steroid dienone is 1. The van der Waals surface area contributed by atoms with Crippen LogP contribution in [0.5, 0.6) is 5.75 Å². The molecule has 3 heterocycles. The highest BCUT2D eigenvalue weighted by Crippen LogP contribution is 2.44. The Balaban J connectivity index is 2.06. The van der Waals surface area contributed by atoms with Crippen molar-refractivity contribution in [1.29, 1.82) is 0 Å². The van der Waals surface area contributed by atoms with Gasteiger partial charge in [0.1, 0.15) is 22.5 Å². The molecule has 0 amide bonds. The van der Waals surface area contributed by atoms with Crippen LogP contribution in [0.3, 0.4) is 0 Å². The number of nitrogens with one attached hydrogen (secondary N) is 1. The zero-order valence-corrected chi connectivity index (χ0v) is 16.9. The molecule has 1 saturated heterocycles. The Bertz CT molecular complexity index is 1110. The van der Waals surface area contributed by atoms with Crippen molar-refractivity contribution in [2.24, 2.45) is 5.41 Å². The predicted octanol–water partition coefficient (Wildman–Crippen LogP) is 2.87. The first-order chi connectivity index (χ1) is 13.6. The number of ether oxygens (including phenoxy) is 1. The van der Waals surface area contributed by atoms with Crippen LogP contribution in [0.1, 0.15) is 38.1 Å². The second-order valence-corrected chi connectivity index (χ2v) is 8.66. The van der Waals surface area contributed by atoms with Gasteiger partial charge in [0.2, 0.25) is 5.43 Å². The minimum atomic E-state index is -1.35. The zero-order chi connectivity index (χ0) is 21.1. The summed E-state index contributed by atoms with van der Waals surface area (Å²) in [5.41, 5.74) is -0.845. The first-order valence-electron chi connectivity index (χ1n) is 9.61. The summed E-state index contributed by atoms with van der Waals surface area (Å²) >= 11 is 0. The number of benzene rings is 1. The van der Waals surface area contributed by atoms with E-state index in [0.717, 1.165) is 6.07 Å². The minimum Gasteiger partial charge on any atom is -0.477 e. The number of carboxylic acid groups (broad SMARTS) is 1. The highest BCUT2D eigenvalue weighted by Gasteiger charge is 2.32. The third-order valence-corrected chi connectivity index (χ3v) is 5.32. The molecule has 1 fully saturated rings. The summed E-state index contributed by atoms with van der Waals surface area (Å²) in [6.45, 7) is 9.76. The van der Waals surface area contributed by atoms with Gasteiger partial charge in [-0.25, -0.2) is 9.18 Å². The second-order valence-electron chi connectivity index (χ2n) is 8.66. The van der Waals surface area contributed by atoms with Crippen molar-refractivity contribution < 1.29 is 19.0 Å². The standard InChI is InChI=1S/C21H24FN3O4/c1-11-8-24(6-5-23-11)17-14(22)7-12-16-19(17)29-15(21(2,3)4)10-25(16)9-13(18(12)26)20(27)28/h7,9-11,23H,5-6,8H2,1-4H3,(H,27,28). The number of aromatic nitrogens is 1. The molecule has 8 heteroatoms. The van der Waals surface area contributed by atoms with Gasteiger partial charge in [-0.2, -0.15) is 0 Å². The SMILES string of the molecule is CC1CN(c2c(F)cc3c(=O)c(C(=O)O)cn4c3c2OC(C(C)(C)C)=C4)CCN1. The lowest BCUT2D eigenvalue weighted by Crippen LogP contribution is -2.49. The summed E-state index contributed by atoms with van der Waals surface area (Å²) in [5.74, 6) is -1.13. The van der Waals surface area contributed by atoms with Gasteiger partial charge in [-0.15, -0.1) is 0 Å². The van der Waals surface area contributed by atoms with E-state index < -0.39 is 28.2 Å². The van der Waals surface area contributed by atoms with Gasteiger partial charge < -0.3 is 24.6 Å². The number of carboxylic acids is 1. The molecule has 0 bridgehead atoms. The van der Waals surface area contributed by atoms with Crippen LogP contribution in [0.4, 0.5) is 10.1 Å². The second kappa shape index (κ2) is 6.59. The lowest BCUT2D eigenvalue weighted by Gasteiger charge is -2.37. The predicted molar refractivity (Wildman–Crippen MR) is 109 cm³/mol. The Morgan fingerprint density at radius 3 is 2.72 bits per heavy atom. The highest BCUT2D eigenvalue weighted by molar-refractivity contribution is 5.98. The molecule has 0 radical (unpaired) electrons. The Morgan fingerprint density at radius 2 is 2.10 bits per heavy atom. The van der Waals surface area contributed by atoms with Gasteiger partial charge >= 0.3 is 5.97 Å². The van der Waals surface area contributed by atoms with Crippen molar-refractivity contribution in [2.45, 2.75) is 33.7 Å². The quantitative estimate of drug-likeness (QED) is 0.805. The van der Waals surface area contributed by atoms with Gasteiger partial charge in [-0.1, -0.05) is 20.8 Å². The molecule has 1 aromatic heterocycles. The summed E-state index contributed by atoms with van der Waals surface area (Å²) in [5, 5.41) is 12.8. The van der Waals surface area contributed by atoms with Crippen LogP contribution in [0.2, 0.25) is 0 Å². The maximum absolute atomic E-state index is 15.3. The van der Waals surface area contributed by atoms with Crippen LogP contribution < -0.4 is 20.4 Å². The molecule has 4 rings (SSSR count). The number of aromatic carboxylic acids is 1. The summed E-state index contributed by atoms with van der Waals surface area (Å²) < 4.78 is 23.1. The van der Waals surface area contributed by atoms with E-state index in [0.29, 0.717) is 36.6 Å². The molecule has 1 aromatic carbocycles. The Labute approximate surface area is 167 Å². The third-order valence-electron chi connectivity index (χ3n) is 5.32.